The van der Waals surface area contributed by atoms with Crippen molar-refractivity contribution in [3.8, 4) is 11.5 Å². The summed E-state index contributed by atoms with van der Waals surface area (Å²) in [5.74, 6) is -0.212. The lowest BCUT2D eigenvalue weighted by Crippen LogP contribution is -2.29. The van der Waals surface area contributed by atoms with Crippen LogP contribution in [0.2, 0.25) is 10.0 Å². The topological polar surface area (TPSA) is 90.4 Å². The third-order valence-corrected chi connectivity index (χ3v) is 11.6. The Morgan fingerprint density at radius 1 is 0.700 bits per heavy atom. The van der Waals surface area contributed by atoms with Crippen LogP contribution in [0.15, 0.2) is 114 Å². The van der Waals surface area contributed by atoms with Crippen molar-refractivity contribution in [2.45, 2.75) is 30.1 Å². The molecule has 0 aliphatic carbocycles. The first-order chi connectivity index (χ1) is 24.0. The maximum absolute atomic E-state index is 14.2. The molecule has 5 aromatic rings. The number of hydrogen-bond donors (Lipinski definition) is 1. The zero-order chi connectivity index (χ0) is 35.6. The summed E-state index contributed by atoms with van der Waals surface area (Å²) in [4.78, 5) is 15.2. The molecule has 5 aromatic carbocycles. The van der Waals surface area contributed by atoms with Gasteiger partial charge in [0.25, 0.3) is 0 Å². The van der Waals surface area contributed by atoms with Crippen molar-refractivity contribution in [3.63, 3.8) is 0 Å². The molecule has 11 heteroatoms. The fourth-order valence-corrected chi connectivity index (χ4v) is 8.28. The maximum Gasteiger partial charge on any atom is 0.303 e. The van der Waals surface area contributed by atoms with E-state index in [1.54, 1.807) is 12.1 Å². The molecule has 0 saturated carbocycles. The summed E-state index contributed by atoms with van der Waals surface area (Å²) in [7, 11) is 1.45. The van der Waals surface area contributed by atoms with E-state index < -0.39 is 21.9 Å². The van der Waals surface area contributed by atoms with Crippen LogP contribution in [-0.2, 0) is 14.8 Å². The Labute approximate surface area is 303 Å². The van der Waals surface area contributed by atoms with E-state index in [0.29, 0.717) is 39.9 Å². The van der Waals surface area contributed by atoms with Crippen molar-refractivity contribution in [1.82, 2.24) is 4.31 Å². The highest BCUT2D eigenvalue weighted by Crippen LogP contribution is 2.51. The predicted octanol–water partition coefficient (Wildman–Crippen LogP) is 9.69. The molecule has 0 radical (unpaired) electrons. The van der Waals surface area contributed by atoms with Crippen LogP contribution >= 0.6 is 23.2 Å². The van der Waals surface area contributed by atoms with Gasteiger partial charge in [-0.3, -0.25) is 4.79 Å². The normalized spacial score (nSPS) is 12.6. The van der Waals surface area contributed by atoms with E-state index in [0.717, 1.165) is 33.9 Å². The van der Waals surface area contributed by atoms with Gasteiger partial charge in [-0.25, -0.2) is 12.7 Å². The van der Waals surface area contributed by atoms with Gasteiger partial charge in [0.05, 0.1) is 26.3 Å². The zero-order valence-electron chi connectivity index (χ0n) is 27.9. The van der Waals surface area contributed by atoms with E-state index in [1.165, 1.54) is 11.4 Å². The number of para-hydroxylation sites is 2. The first-order valence-electron chi connectivity index (χ1n) is 16.2. The molecule has 0 amide bonds. The minimum atomic E-state index is -3.95. The van der Waals surface area contributed by atoms with Crippen LogP contribution in [0.5, 0.6) is 11.5 Å². The monoisotopic (exact) mass is 729 g/mol. The second-order valence-corrected chi connectivity index (χ2v) is 15.0. The van der Waals surface area contributed by atoms with Crippen LogP contribution in [0, 0.1) is 0 Å². The molecule has 1 heterocycles. The van der Waals surface area contributed by atoms with Gasteiger partial charge in [-0.05, 0) is 60.9 Å². The van der Waals surface area contributed by atoms with Crippen LogP contribution in [0.1, 0.15) is 41.9 Å². The minimum absolute atomic E-state index is 0.0125. The molecule has 0 saturated heterocycles. The molecule has 6 rings (SSSR count). The van der Waals surface area contributed by atoms with Gasteiger partial charge >= 0.3 is 5.97 Å². The molecule has 8 nitrogen and oxygen atoms in total. The first kappa shape index (κ1) is 35.3. The summed E-state index contributed by atoms with van der Waals surface area (Å²) in [5.41, 5.74) is 5.56. The summed E-state index contributed by atoms with van der Waals surface area (Å²) in [6, 6.07) is 34.0. The highest BCUT2D eigenvalue weighted by molar-refractivity contribution is 7.89. The molecule has 258 valence electrons. The molecule has 1 N–H and O–H groups in total. The fourth-order valence-electron chi connectivity index (χ4n) is 6.32. The molecule has 0 atom stereocenters. The van der Waals surface area contributed by atoms with E-state index in [4.69, 9.17) is 33.0 Å². The Hall–Kier alpha value is -4.54. The molecule has 0 fully saturated rings. The molecular weight excluding hydrogens is 693 g/mol. The van der Waals surface area contributed by atoms with Gasteiger partial charge in [0, 0.05) is 74.7 Å². The number of nitrogens with zero attached hydrogens (tertiary/aromatic N) is 3. The Morgan fingerprint density at radius 3 is 1.72 bits per heavy atom. The van der Waals surface area contributed by atoms with Gasteiger partial charge in [-0.15, -0.1) is 0 Å². The second kappa shape index (κ2) is 14.7. The van der Waals surface area contributed by atoms with Crippen molar-refractivity contribution in [2.24, 2.45) is 0 Å². The van der Waals surface area contributed by atoms with E-state index in [2.05, 4.69) is 0 Å². The van der Waals surface area contributed by atoms with Crippen molar-refractivity contribution >= 4 is 61.9 Å². The average molecular weight is 731 g/mol. The van der Waals surface area contributed by atoms with Crippen LogP contribution in [-0.4, -0.2) is 51.5 Å². The van der Waals surface area contributed by atoms with Crippen molar-refractivity contribution in [1.29, 1.82) is 0 Å². The summed E-state index contributed by atoms with van der Waals surface area (Å²) >= 11 is 13.1. The van der Waals surface area contributed by atoms with Crippen molar-refractivity contribution in [2.75, 3.05) is 37.5 Å². The number of rotatable bonds is 12. The molecule has 0 spiro atoms. The quantitative estimate of drug-likeness (QED) is 0.125. The fraction of sp³-hybridized carbons (Fsp3) is 0.205. The van der Waals surface area contributed by atoms with Crippen molar-refractivity contribution < 1.29 is 23.1 Å². The molecule has 0 unspecified atom stereocenters. The summed E-state index contributed by atoms with van der Waals surface area (Å²) in [6.45, 7) is 0.195. The lowest BCUT2D eigenvalue weighted by molar-refractivity contribution is -0.137. The number of hydrogen-bond acceptors (Lipinski definition) is 6. The Morgan fingerprint density at radius 2 is 1.20 bits per heavy atom. The SMILES string of the molecule is CN(c1ccc2c(c1)Oc1cc(N(C)c3ccccc3Cl)ccc1C2c1ccccc1S(=O)(=O)N(C)CCCCC(=O)O)c1ccccc1Cl. The third kappa shape index (κ3) is 7.04. The van der Waals surface area contributed by atoms with Crippen LogP contribution in [0.3, 0.4) is 0 Å². The smallest absolute Gasteiger partial charge is 0.303 e. The standard InChI is InChI=1S/C39H37Cl2N3O5S/c1-42(23-11-10-18-38(45)46)50(47,48)37-17-9-4-12-30(37)39-28-21-19-26(43(2)33-15-7-5-13-31(33)40)24-35(28)49-36-25-27(20-22-29(36)39)44(3)34-16-8-6-14-32(34)41/h4-9,12-17,19-22,24-25,39H,10-11,18,23H2,1-3H3,(H,45,46). The summed E-state index contributed by atoms with van der Waals surface area (Å²) in [5, 5.41) is 10.2. The molecule has 1 aliphatic heterocycles. The number of ether oxygens (including phenoxy) is 1. The lowest BCUT2D eigenvalue weighted by Gasteiger charge is -2.32. The second-order valence-electron chi connectivity index (χ2n) is 12.2. The maximum atomic E-state index is 14.2. The average Bonchev–Trinajstić information content (AvgIpc) is 3.11. The van der Waals surface area contributed by atoms with E-state index in [9.17, 15) is 13.2 Å². The highest BCUT2D eigenvalue weighted by Gasteiger charge is 2.35. The number of sulfonamides is 1. The Bertz CT molecular complexity index is 2060. The van der Waals surface area contributed by atoms with E-state index in [-0.39, 0.29) is 17.9 Å². The number of carboxylic acid groups (broad SMARTS) is 1. The van der Waals surface area contributed by atoms with Crippen LogP contribution in [0.4, 0.5) is 22.7 Å². The number of benzene rings is 5. The van der Waals surface area contributed by atoms with Crippen LogP contribution in [0.25, 0.3) is 0 Å². The molecule has 1 aliphatic rings. The van der Waals surface area contributed by atoms with E-state index in [1.807, 2.05) is 121 Å². The highest BCUT2D eigenvalue weighted by atomic mass is 35.5. The number of carbonyl (C=O) groups is 1. The lowest BCUT2D eigenvalue weighted by atomic mass is 9.82. The number of carboxylic acids is 1. The van der Waals surface area contributed by atoms with Gasteiger partial charge in [-0.2, -0.15) is 0 Å². The number of unbranched alkanes of at least 4 members (excludes halogenated alkanes) is 1. The number of halogens is 2. The summed E-state index contributed by atoms with van der Waals surface area (Å²) < 4.78 is 36.3. The van der Waals surface area contributed by atoms with Gasteiger partial charge in [0.2, 0.25) is 10.0 Å². The van der Waals surface area contributed by atoms with E-state index >= 15 is 0 Å². The van der Waals surface area contributed by atoms with Gasteiger partial charge in [-0.1, -0.05) is 77.8 Å². The Kier molecular flexibility index (Phi) is 10.4. The summed E-state index contributed by atoms with van der Waals surface area (Å²) in [6.07, 6.45) is 0.797. The Balaban J connectivity index is 1.46. The molecule has 0 bridgehead atoms. The third-order valence-electron chi connectivity index (χ3n) is 9.07. The zero-order valence-corrected chi connectivity index (χ0v) is 30.2. The molecular formula is C39H37Cl2N3O5S. The number of aliphatic carboxylic acids is 1. The number of anilines is 4. The van der Waals surface area contributed by atoms with Gasteiger partial charge < -0.3 is 19.6 Å². The first-order valence-corrected chi connectivity index (χ1v) is 18.4. The van der Waals surface area contributed by atoms with Crippen molar-refractivity contribution in [3.05, 3.63) is 136 Å². The molecule has 50 heavy (non-hydrogen) atoms. The van der Waals surface area contributed by atoms with Gasteiger partial charge in [0.1, 0.15) is 11.5 Å². The number of fused-ring (bicyclic) bond motifs is 2. The minimum Gasteiger partial charge on any atom is -0.481 e. The van der Waals surface area contributed by atoms with Gasteiger partial charge in [0.15, 0.2) is 0 Å². The predicted molar refractivity (Wildman–Crippen MR) is 201 cm³/mol. The molecule has 0 aromatic heterocycles. The van der Waals surface area contributed by atoms with Crippen LogP contribution < -0.4 is 14.5 Å². The largest absolute Gasteiger partial charge is 0.481 e.